The first kappa shape index (κ1) is 14.9. The molecule has 0 saturated heterocycles. The monoisotopic (exact) mass is 330 g/mol. The van der Waals surface area contributed by atoms with Crippen molar-refractivity contribution in [3.05, 3.63) is 67.1 Å². The fraction of sp³-hybridized carbons (Fsp3) is 0.0769. The number of nitrogens with zero attached hydrogens (tertiary/aromatic N) is 1. The van der Waals surface area contributed by atoms with Gasteiger partial charge in [-0.3, -0.25) is 10.1 Å². The van der Waals surface area contributed by atoms with Crippen LogP contribution >= 0.6 is 34.8 Å². The number of anilines is 1. The lowest BCUT2D eigenvalue weighted by molar-refractivity contribution is -0.384. The van der Waals surface area contributed by atoms with Crippen LogP contribution in [-0.2, 0) is 6.54 Å². The molecule has 104 valence electrons. The summed E-state index contributed by atoms with van der Waals surface area (Å²) in [4.78, 5) is 10.3. The zero-order valence-electron chi connectivity index (χ0n) is 10.1. The van der Waals surface area contributed by atoms with Gasteiger partial charge in [-0.05, 0) is 29.8 Å². The molecule has 2 aromatic carbocycles. The maximum absolute atomic E-state index is 10.7. The van der Waals surface area contributed by atoms with E-state index in [1.807, 2.05) is 0 Å². The molecule has 0 heterocycles. The second kappa shape index (κ2) is 6.31. The number of benzene rings is 2. The van der Waals surface area contributed by atoms with Gasteiger partial charge in [0.2, 0.25) is 0 Å². The maximum atomic E-state index is 10.7. The van der Waals surface area contributed by atoms with Gasteiger partial charge in [-0.15, -0.1) is 0 Å². The van der Waals surface area contributed by atoms with Crippen LogP contribution in [-0.4, -0.2) is 4.92 Å². The molecule has 0 atom stereocenters. The van der Waals surface area contributed by atoms with E-state index in [1.54, 1.807) is 18.2 Å². The first-order valence-electron chi connectivity index (χ1n) is 5.59. The predicted molar refractivity (Wildman–Crippen MR) is 81.9 cm³/mol. The highest BCUT2D eigenvalue weighted by Gasteiger charge is 2.09. The largest absolute Gasteiger partial charge is 0.381 e. The third-order valence-electron chi connectivity index (χ3n) is 2.64. The molecule has 0 aliphatic carbocycles. The zero-order valence-corrected chi connectivity index (χ0v) is 12.3. The molecule has 0 aliphatic heterocycles. The van der Waals surface area contributed by atoms with E-state index < -0.39 is 4.92 Å². The molecule has 0 saturated carbocycles. The van der Waals surface area contributed by atoms with Crippen LogP contribution in [0.1, 0.15) is 5.56 Å². The Labute approximate surface area is 130 Å². The molecule has 0 bridgehead atoms. The minimum absolute atomic E-state index is 0.000313. The van der Waals surface area contributed by atoms with Gasteiger partial charge in [-0.2, -0.15) is 0 Å². The lowest BCUT2D eigenvalue weighted by Gasteiger charge is -2.09. The molecular formula is C13H9Cl3N2O2. The Kier molecular flexibility index (Phi) is 4.70. The van der Waals surface area contributed by atoms with E-state index in [0.29, 0.717) is 27.2 Å². The second-order valence-electron chi connectivity index (χ2n) is 4.02. The van der Waals surface area contributed by atoms with Crippen molar-refractivity contribution < 1.29 is 4.92 Å². The predicted octanol–water partition coefficient (Wildman–Crippen LogP) is 5.17. The number of nitro benzene ring substituents is 1. The number of non-ortho nitro benzene ring substituents is 1. The molecule has 1 N–H and O–H groups in total. The van der Waals surface area contributed by atoms with E-state index >= 15 is 0 Å². The van der Waals surface area contributed by atoms with Crippen LogP contribution < -0.4 is 5.32 Å². The summed E-state index contributed by atoms with van der Waals surface area (Å²) in [5, 5.41) is 15.2. The average Bonchev–Trinajstić information content (AvgIpc) is 2.41. The lowest BCUT2D eigenvalue weighted by atomic mass is 10.2. The Bertz CT molecular complexity index is 662. The maximum Gasteiger partial charge on any atom is 0.269 e. The van der Waals surface area contributed by atoms with E-state index in [-0.39, 0.29) is 5.69 Å². The Morgan fingerprint density at radius 3 is 2.35 bits per heavy atom. The topological polar surface area (TPSA) is 55.2 Å². The first-order valence-corrected chi connectivity index (χ1v) is 6.72. The van der Waals surface area contributed by atoms with E-state index in [2.05, 4.69) is 5.32 Å². The van der Waals surface area contributed by atoms with Crippen LogP contribution in [0.15, 0.2) is 36.4 Å². The minimum atomic E-state index is -0.459. The van der Waals surface area contributed by atoms with Gasteiger partial charge in [-0.1, -0.05) is 34.8 Å². The third-order valence-corrected chi connectivity index (χ3v) is 3.75. The summed E-state index contributed by atoms with van der Waals surface area (Å²) in [6, 6.07) is 9.42. The average molecular weight is 332 g/mol. The second-order valence-corrected chi connectivity index (χ2v) is 5.24. The van der Waals surface area contributed by atoms with Crippen LogP contribution in [0, 0.1) is 10.1 Å². The number of nitro groups is 1. The van der Waals surface area contributed by atoms with Crippen molar-refractivity contribution >= 4 is 46.2 Å². The van der Waals surface area contributed by atoms with Crippen LogP contribution in [0.5, 0.6) is 0 Å². The molecule has 0 amide bonds. The van der Waals surface area contributed by atoms with Crippen LogP contribution in [0.2, 0.25) is 15.1 Å². The quantitative estimate of drug-likeness (QED) is 0.621. The van der Waals surface area contributed by atoms with Crippen molar-refractivity contribution in [2.75, 3.05) is 5.32 Å². The molecule has 2 rings (SSSR count). The smallest absolute Gasteiger partial charge is 0.269 e. The van der Waals surface area contributed by atoms with Crippen molar-refractivity contribution in [1.82, 2.24) is 0 Å². The number of hydrogen-bond donors (Lipinski definition) is 1. The fourth-order valence-corrected chi connectivity index (χ4v) is 2.10. The SMILES string of the molecule is O=[N+]([O-])c1ccc(Cl)c(CNc2ccc(Cl)c(Cl)c2)c1. The Morgan fingerprint density at radius 2 is 1.70 bits per heavy atom. The van der Waals surface area contributed by atoms with E-state index in [1.165, 1.54) is 18.2 Å². The van der Waals surface area contributed by atoms with Gasteiger partial charge in [0.25, 0.3) is 5.69 Å². The fourth-order valence-electron chi connectivity index (χ4n) is 1.61. The summed E-state index contributed by atoms with van der Waals surface area (Å²) in [7, 11) is 0. The third kappa shape index (κ3) is 3.54. The summed E-state index contributed by atoms with van der Waals surface area (Å²) in [6.45, 7) is 0.346. The molecule has 0 spiro atoms. The van der Waals surface area contributed by atoms with E-state index in [0.717, 1.165) is 5.69 Å². The van der Waals surface area contributed by atoms with Gasteiger partial charge >= 0.3 is 0 Å². The van der Waals surface area contributed by atoms with Crippen LogP contribution in [0.4, 0.5) is 11.4 Å². The van der Waals surface area contributed by atoms with Gasteiger partial charge in [0.05, 0.1) is 15.0 Å². The summed E-state index contributed by atoms with van der Waals surface area (Å²) >= 11 is 17.7. The zero-order chi connectivity index (χ0) is 14.7. The van der Waals surface area contributed by atoms with E-state index in [4.69, 9.17) is 34.8 Å². The molecule has 2 aromatic rings. The summed E-state index contributed by atoms with van der Waals surface area (Å²) in [6.07, 6.45) is 0. The first-order chi connectivity index (χ1) is 9.47. The number of nitrogens with one attached hydrogen (secondary N) is 1. The molecular weight excluding hydrogens is 323 g/mol. The van der Waals surface area contributed by atoms with Crippen LogP contribution in [0.3, 0.4) is 0 Å². The van der Waals surface area contributed by atoms with Crippen molar-refractivity contribution in [2.45, 2.75) is 6.54 Å². The molecule has 7 heteroatoms. The lowest BCUT2D eigenvalue weighted by Crippen LogP contribution is -2.01. The van der Waals surface area contributed by atoms with E-state index in [9.17, 15) is 10.1 Å². The number of hydrogen-bond acceptors (Lipinski definition) is 3. The van der Waals surface area contributed by atoms with Gasteiger partial charge in [-0.25, -0.2) is 0 Å². The number of rotatable bonds is 4. The summed E-state index contributed by atoms with van der Waals surface area (Å²) in [5.41, 5.74) is 1.38. The summed E-state index contributed by atoms with van der Waals surface area (Å²) in [5.74, 6) is 0. The van der Waals surface area contributed by atoms with Crippen molar-refractivity contribution in [2.24, 2.45) is 0 Å². The molecule has 0 aliphatic rings. The Balaban J connectivity index is 2.15. The normalized spacial score (nSPS) is 10.3. The molecule has 0 unspecified atom stereocenters. The number of halogens is 3. The Hall–Kier alpha value is -1.49. The highest BCUT2D eigenvalue weighted by atomic mass is 35.5. The van der Waals surface area contributed by atoms with Crippen molar-refractivity contribution in [3.63, 3.8) is 0 Å². The van der Waals surface area contributed by atoms with Crippen LogP contribution in [0.25, 0.3) is 0 Å². The van der Waals surface area contributed by atoms with Crippen molar-refractivity contribution in [1.29, 1.82) is 0 Å². The van der Waals surface area contributed by atoms with Crippen molar-refractivity contribution in [3.8, 4) is 0 Å². The molecule has 0 radical (unpaired) electrons. The standard InChI is InChI=1S/C13H9Cl3N2O2/c14-11-4-2-10(18(19)20)5-8(11)7-17-9-1-3-12(15)13(16)6-9/h1-6,17H,7H2. The molecule has 0 fully saturated rings. The highest BCUT2D eigenvalue weighted by Crippen LogP contribution is 2.27. The Morgan fingerprint density at radius 1 is 1.00 bits per heavy atom. The highest BCUT2D eigenvalue weighted by molar-refractivity contribution is 6.42. The molecule has 0 aromatic heterocycles. The molecule has 4 nitrogen and oxygen atoms in total. The van der Waals surface area contributed by atoms with Gasteiger partial charge in [0.1, 0.15) is 0 Å². The summed E-state index contributed by atoms with van der Waals surface area (Å²) < 4.78 is 0. The van der Waals surface area contributed by atoms with Gasteiger partial charge in [0, 0.05) is 29.4 Å². The minimum Gasteiger partial charge on any atom is -0.381 e. The van der Waals surface area contributed by atoms with Gasteiger partial charge < -0.3 is 5.32 Å². The van der Waals surface area contributed by atoms with Gasteiger partial charge in [0.15, 0.2) is 0 Å². The molecule has 20 heavy (non-hydrogen) atoms.